The summed E-state index contributed by atoms with van der Waals surface area (Å²) in [4.78, 5) is 30.9. The zero-order valence-electron chi connectivity index (χ0n) is 12.7. The number of hydrogen-bond acceptors (Lipinski definition) is 4. The van der Waals surface area contributed by atoms with E-state index in [1.807, 2.05) is 0 Å². The summed E-state index contributed by atoms with van der Waals surface area (Å²) in [5, 5.41) is 8.83. The van der Waals surface area contributed by atoms with Crippen molar-refractivity contribution in [3.8, 4) is 0 Å². The van der Waals surface area contributed by atoms with Crippen LogP contribution in [0.2, 0.25) is 0 Å². The van der Waals surface area contributed by atoms with Crippen LogP contribution in [0.15, 0.2) is 24.5 Å². The Hall–Kier alpha value is -1.95. The number of aliphatic carboxylic acids is 1. The van der Waals surface area contributed by atoms with Gasteiger partial charge in [0.2, 0.25) is 0 Å². The van der Waals surface area contributed by atoms with E-state index in [1.54, 1.807) is 29.4 Å². The van der Waals surface area contributed by atoms with E-state index in [0.717, 1.165) is 19.6 Å². The third-order valence-corrected chi connectivity index (χ3v) is 3.39. The molecular weight excluding hydrogens is 270 g/mol. The third kappa shape index (κ3) is 5.91. The first kappa shape index (κ1) is 17.1. The topological polar surface area (TPSA) is 73.7 Å². The zero-order valence-corrected chi connectivity index (χ0v) is 12.7. The van der Waals surface area contributed by atoms with Crippen molar-refractivity contribution in [3.63, 3.8) is 0 Å². The quantitative estimate of drug-likeness (QED) is 0.744. The first-order valence-corrected chi connectivity index (χ1v) is 7.21. The van der Waals surface area contributed by atoms with E-state index in [-0.39, 0.29) is 18.9 Å². The highest BCUT2D eigenvalue weighted by Crippen LogP contribution is 2.05. The molecule has 0 aliphatic carbocycles. The molecule has 1 amide bonds. The fraction of sp³-hybridized carbons (Fsp3) is 0.533. The van der Waals surface area contributed by atoms with Crippen LogP contribution >= 0.6 is 0 Å². The minimum Gasteiger partial charge on any atom is -0.481 e. The van der Waals surface area contributed by atoms with E-state index in [1.165, 1.54) is 0 Å². The Morgan fingerprint density at radius 2 is 1.71 bits per heavy atom. The summed E-state index contributed by atoms with van der Waals surface area (Å²) < 4.78 is 0. The molecule has 1 aromatic rings. The first-order valence-electron chi connectivity index (χ1n) is 7.21. The van der Waals surface area contributed by atoms with Crippen LogP contribution in [0.3, 0.4) is 0 Å². The van der Waals surface area contributed by atoms with Crippen LogP contribution in [0.1, 0.15) is 30.6 Å². The number of rotatable bonds is 9. The second-order valence-corrected chi connectivity index (χ2v) is 4.70. The van der Waals surface area contributed by atoms with Gasteiger partial charge in [-0.15, -0.1) is 0 Å². The molecule has 0 atom stereocenters. The highest BCUT2D eigenvalue weighted by molar-refractivity contribution is 5.94. The van der Waals surface area contributed by atoms with Gasteiger partial charge in [-0.3, -0.25) is 14.6 Å². The molecule has 1 heterocycles. The monoisotopic (exact) mass is 293 g/mol. The van der Waals surface area contributed by atoms with Gasteiger partial charge in [0.15, 0.2) is 0 Å². The Labute approximate surface area is 125 Å². The molecule has 1 rings (SSSR count). The summed E-state index contributed by atoms with van der Waals surface area (Å²) >= 11 is 0. The van der Waals surface area contributed by atoms with E-state index < -0.39 is 5.97 Å². The smallest absolute Gasteiger partial charge is 0.305 e. The van der Waals surface area contributed by atoms with Crippen molar-refractivity contribution in [2.45, 2.75) is 20.3 Å². The van der Waals surface area contributed by atoms with E-state index in [4.69, 9.17) is 5.11 Å². The molecule has 1 N–H and O–H groups in total. The van der Waals surface area contributed by atoms with Gasteiger partial charge in [-0.05, 0) is 25.2 Å². The minimum atomic E-state index is -0.898. The Kier molecular flexibility index (Phi) is 7.39. The molecule has 6 heteroatoms. The molecule has 0 radical (unpaired) electrons. The molecule has 6 nitrogen and oxygen atoms in total. The van der Waals surface area contributed by atoms with Gasteiger partial charge in [0.05, 0.1) is 6.42 Å². The minimum absolute atomic E-state index is 0.0466. The van der Waals surface area contributed by atoms with Crippen molar-refractivity contribution < 1.29 is 14.7 Å². The lowest BCUT2D eigenvalue weighted by Gasteiger charge is -2.26. The molecule has 1 aromatic heterocycles. The summed E-state index contributed by atoms with van der Waals surface area (Å²) in [6.07, 6.45) is 3.08. The number of carboxylic acid groups (broad SMARTS) is 1. The lowest BCUT2D eigenvalue weighted by molar-refractivity contribution is -0.137. The predicted molar refractivity (Wildman–Crippen MR) is 80.2 cm³/mol. The van der Waals surface area contributed by atoms with Crippen LogP contribution in [0.5, 0.6) is 0 Å². The number of hydrogen-bond donors (Lipinski definition) is 1. The molecule has 0 fully saturated rings. The maximum absolute atomic E-state index is 12.4. The molecule has 0 bridgehead atoms. The van der Waals surface area contributed by atoms with Crippen LogP contribution in [-0.2, 0) is 4.79 Å². The Balaban J connectivity index is 2.71. The molecule has 0 aliphatic rings. The third-order valence-electron chi connectivity index (χ3n) is 3.39. The molecule has 0 aliphatic heterocycles. The largest absolute Gasteiger partial charge is 0.481 e. The number of pyridine rings is 1. The molecule has 0 saturated carbocycles. The van der Waals surface area contributed by atoms with Crippen LogP contribution in [0.25, 0.3) is 0 Å². The van der Waals surface area contributed by atoms with Crippen LogP contribution < -0.4 is 0 Å². The van der Waals surface area contributed by atoms with Gasteiger partial charge >= 0.3 is 5.97 Å². The number of carbonyl (C=O) groups is 2. The van der Waals surface area contributed by atoms with Gasteiger partial charge in [0.1, 0.15) is 0 Å². The van der Waals surface area contributed by atoms with Crippen molar-refractivity contribution in [2.75, 3.05) is 32.7 Å². The first-order chi connectivity index (χ1) is 10.1. The maximum atomic E-state index is 12.4. The molecule has 116 valence electrons. The van der Waals surface area contributed by atoms with Gasteiger partial charge in [0, 0.05) is 37.6 Å². The Morgan fingerprint density at radius 3 is 2.24 bits per heavy atom. The van der Waals surface area contributed by atoms with Gasteiger partial charge < -0.3 is 14.9 Å². The fourth-order valence-corrected chi connectivity index (χ4v) is 2.02. The average molecular weight is 293 g/mol. The lowest BCUT2D eigenvalue weighted by atomic mass is 10.2. The summed E-state index contributed by atoms with van der Waals surface area (Å²) in [7, 11) is 0. The van der Waals surface area contributed by atoms with Crippen molar-refractivity contribution in [2.24, 2.45) is 0 Å². The van der Waals surface area contributed by atoms with Gasteiger partial charge in [-0.2, -0.15) is 0 Å². The highest BCUT2D eigenvalue weighted by atomic mass is 16.4. The molecular formula is C15H23N3O3. The van der Waals surface area contributed by atoms with Gasteiger partial charge in [-0.25, -0.2) is 0 Å². The average Bonchev–Trinajstić information content (AvgIpc) is 2.51. The maximum Gasteiger partial charge on any atom is 0.305 e. The van der Waals surface area contributed by atoms with Gasteiger partial charge in [-0.1, -0.05) is 13.8 Å². The van der Waals surface area contributed by atoms with E-state index in [2.05, 4.69) is 23.7 Å². The number of amides is 1. The van der Waals surface area contributed by atoms with Crippen LogP contribution in [0, 0.1) is 0 Å². The molecule has 0 aromatic carbocycles. The number of carbonyl (C=O) groups excluding carboxylic acids is 1. The summed E-state index contributed by atoms with van der Waals surface area (Å²) in [5.41, 5.74) is 0.537. The molecule has 21 heavy (non-hydrogen) atoms. The molecule has 0 unspecified atom stereocenters. The number of aromatic nitrogens is 1. The SMILES string of the molecule is CCN(CC)CCN(CCC(=O)O)C(=O)c1ccncc1. The lowest BCUT2D eigenvalue weighted by Crippen LogP contribution is -2.39. The van der Waals surface area contributed by atoms with E-state index in [0.29, 0.717) is 12.1 Å². The Bertz CT molecular complexity index is 447. The van der Waals surface area contributed by atoms with E-state index >= 15 is 0 Å². The van der Waals surface area contributed by atoms with Gasteiger partial charge in [0.25, 0.3) is 5.91 Å². The second-order valence-electron chi connectivity index (χ2n) is 4.70. The standard InChI is InChI=1S/C15H23N3O3/c1-3-17(4-2)11-12-18(10-7-14(19)20)15(21)13-5-8-16-9-6-13/h5-6,8-9H,3-4,7,10-12H2,1-2H3,(H,19,20). The zero-order chi connectivity index (χ0) is 15.7. The second kappa shape index (κ2) is 9.07. The van der Waals surface area contributed by atoms with Crippen LogP contribution in [0.4, 0.5) is 0 Å². The van der Waals surface area contributed by atoms with Crippen molar-refractivity contribution in [3.05, 3.63) is 30.1 Å². The number of likely N-dealkylation sites (N-methyl/N-ethyl adjacent to an activating group) is 1. The fourth-order valence-electron chi connectivity index (χ4n) is 2.02. The predicted octanol–water partition coefficient (Wildman–Crippen LogP) is 1.34. The summed E-state index contributed by atoms with van der Waals surface area (Å²) in [6.45, 7) is 7.43. The van der Waals surface area contributed by atoms with Crippen molar-refractivity contribution >= 4 is 11.9 Å². The highest BCUT2D eigenvalue weighted by Gasteiger charge is 2.17. The normalized spacial score (nSPS) is 10.6. The van der Waals surface area contributed by atoms with E-state index in [9.17, 15) is 9.59 Å². The summed E-state index contributed by atoms with van der Waals surface area (Å²) in [5.74, 6) is -1.05. The number of nitrogens with zero attached hydrogens (tertiary/aromatic N) is 3. The van der Waals surface area contributed by atoms with Crippen molar-refractivity contribution in [1.29, 1.82) is 0 Å². The molecule has 0 saturated heterocycles. The Morgan fingerprint density at radius 1 is 1.10 bits per heavy atom. The molecule has 0 spiro atoms. The summed E-state index contributed by atoms with van der Waals surface area (Å²) in [6, 6.07) is 3.29. The number of carboxylic acids is 1. The van der Waals surface area contributed by atoms with Crippen molar-refractivity contribution in [1.82, 2.24) is 14.8 Å². The van der Waals surface area contributed by atoms with Crippen LogP contribution in [-0.4, -0.2) is 64.5 Å².